The van der Waals surface area contributed by atoms with Gasteiger partial charge >= 0.3 is 0 Å². The van der Waals surface area contributed by atoms with Crippen molar-refractivity contribution in [2.24, 2.45) is 35.9 Å². The number of hydrogen-bond donors (Lipinski definition) is 6. The van der Waals surface area contributed by atoms with Gasteiger partial charge in [-0.2, -0.15) is 32.2 Å². The van der Waals surface area contributed by atoms with Crippen molar-refractivity contribution in [1.82, 2.24) is 0 Å². The van der Waals surface area contributed by atoms with Gasteiger partial charge in [0.1, 0.15) is 38.3 Å². The molecule has 0 atom stereocenters. The van der Waals surface area contributed by atoms with Gasteiger partial charge in [0, 0.05) is 23.9 Å². The van der Waals surface area contributed by atoms with Gasteiger partial charge < -0.3 is 15.9 Å². The Morgan fingerprint density at radius 3 is 1.65 bits per heavy atom. The summed E-state index contributed by atoms with van der Waals surface area (Å²) < 4.78 is 98.1. The Bertz CT molecular complexity index is 3150. The average molecular weight is 877 g/mol. The maximum atomic E-state index is 13.1. The van der Waals surface area contributed by atoms with Crippen LogP contribution in [0.1, 0.15) is 0 Å². The molecular formula is C34H24N10O13S3. The van der Waals surface area contributed by atoms with Crippen LogP contribution in [0.4, 0.5) is 56.9 Å². The fourth-order valence-corrected chi connectivity index (χ4v) is 7.63. The summed E-state index contributed by atoms with van der Waals surface area (Å²) in [5.74, 6) is -1.24. The molecular weight excluding hydrogens is 853 g/mol. The highest BCUT2D eigenvalue weighted by molar-refractivity contribution is 7.92. The fraction of sp³-hybridized carbons (Fsp3) is 0. The second-order valence-electron chi connectivity index (χ2n) is 12.0. The lowest BCUT2D eigenvalue weighted by molar-refractivity contribution is -0.384. The van der Waals surface area contributed by atoms with Crippen molar-refractivity contribution in [2.45, 2.75) is 14.7 Å². The number of nitrogens with two attached hydrogens (primary N) is 1. The number of sulfonamides is 1. The number of fused-ring (bicyclic) bond motifs is 1. The van der Waals surface area contributed by atoms with Crippen molar-refractivity contribution in [2.75, 3.05) is 10.5 Å². The lowest BCUT2D eigenvalue weighted by Gasteiger charge is -2.14. The molecule has 26 heteroatoms. The van der Waals surface area contributed by atoms with E-state index in [9.17, 15) is 59.6 Å². The number of nitroso groups, excluding NO2 is 1. The predicted octanol–water partition coefficient (Wildman–Crippen LogP) is 8.68. The number of anilines is 2. The van der Waals surface area contributed by atoms with Gasteiger partial charge in [0.15, 0.2) is 5.75 Å². The fourth-order valence-electron chi connectivity index (χ4n) is 5.24. The van der Waals surface area contributed by atoms with Crippen LogP contribution in [0.5, 0.6) is 11.5 Å². The van der Waals surface area contributed by atoms with E-state index in [0.29, 0.717) is 12.1 Å². The standard InChI is InChI=1S/C34H24N10O13S3/c35-31-30-18(15-28(59(52,53)54)32(31)40-37-20-5-9-23(10-6-20)44(48)49)16-29(60(55,56)57)33(34(30)46)41-38-21-7-12-25(13-8-21)58(50,51)43-22-3-1-19(2-4-22)36-39-26-14-11-24(45)17-27(26)42-47/h1-17,43,45-46H,35H2,(H,52,53,54)(H,55,56,57). The molecule has 0 saturated carbocycles. The van der Waals surface area contributed by atoms with E-state index in [4.69, 9.17) is 5.73 Å². The number of nitro groups is 1. The van der Waals surface area contributed by atoms with Gasteiger partial charge in [0.05, 0.1) is 38.0 Å². The number of nitrogen functional groups attached to an aromatic ring is 1. The number of azo groups is 3. The molecule has 0 heterocycles. The molecule has 0 bridgehead atoms. The molecule has 0 radical (unpaired) electrons. The van der Waals surface area contributed by atoms with Crippen molar-refractivity contribution >= 4 is 97.9 Å². The molecule has 0 saturated heterocycles. The first-order valence-corrected chi connectivity index (χ1v) is 20.6. The van der Waals surface area contributed by atoms with E-state index in [1.54, 1.807) is 0 Å². The first kappa shape index (κ1) is 42.0. The molecule has 23 nitrogen and oxygen atoms in total. The zero-order chi connectivity index (χ0) is 43.6. The average Bonchev–Trinajstić information content (AvgIpc) is 3.19. The summed E-state index contributed by atoms with van der Waals surface area (Å²) in [6.07, 6.45) is 0. The molecule has 6 aromatic rings. The van der Waals surface area contributed by atoms with Crippen LogP contribution in [-0.2, 0) is 30.3 Å². The lowest BCUT2D eigenvalue weighted by atomic mass is 10.1. The monoisotopic (exact) mass is 876 g/mol. The van der Waals surface area contributed by atoms with E-state index in [1.807, 2.05) is 0 Å². The van der Waals surface area contributed by atoms with Crippen LogP contribution in [0.15, 0.2) is 154 Å². The quantitative estimate of drug-likeness (QED) is 0.0158. The number of phenolic OH excluding ortho intramolecular Hbond substituents is 2. The molecule has 0 aliphatic rings. The molecule has 60 heavy (non-hydrogen) atoms. The summed E-state index contributed by atoms with van der Waals surface area (Å²) in [4.78, 5) is 19.0. The summed E-state index contributed by atoms with van der Waals surface area (Å²) in [6.45, 7) is 0. The molecule has 0 fully saturated rings. The topological polar surface area (TPSA) is 368 Å². The summed E-state index contributed by atoms with van der Waals surface area (Å²) >= 11 is 0. The molecule has 0 spiro atoms. The number of rotatable bonds is 13. The minimum absolute atomic E-state index is 0.0212. The Balaban J connectivity index is 1.28. The number of non-ortho nitro benzene ring substituents is 1. The van der Waals surface area contributed by atoms with E-state index in [-0.39, 0.29) is 50.5 Å². The third-order valence-corrected chi connectivity index (χ3v) is 11.2. The Kier molecular flexibility index (Phi) is 11.4. The molecule has 306 valence electrons. The Morgan fingerprint density at radius 1 is 0.617 bits per heavy atom. The van der Waals surface area contributed by atoms with Gasteiger partial charge in [-0.3, -0.25) is 23.9 Å². The van der Waals surface area contributed by atoms with Crippen LogP contribution >= 0.6 is 0 Å². The highest BCUT2D eigenvalue weighted by Gasteiger charge is 2.28. The van der Waals surface area contributed by atoms with Crippen molar-refractivity contribution in [3.05, 3.63) is 118 Å². The maximum Gasteiger partial charge on any atom is 0.296 e. The van der Waals surface area contributed by atoms with Crippen molar-refractivity contribution in [3.63, 3.8) is 0 Å². The molecule has 7 N–H and O–H groups in total. The zero-order valence-corrected chi connectivity index (χ0v) is 32.1. The third-order valence-electron chi connectivity index (χ3n) is 8.06. The van der Waals surface area contributed by atoms with Crippen molar-refractivity contribution in [3.8, 4) is 11.5 Å². The number of hydrogen-bond acceptors (Lipinski definition) is 19. The van der Waals surface area contributed by atoms with Gasteiger partial charge in [-0.25, -0.2) is 8.42 Å². The van der Waals surface area contributed by atoms with E-state index >= 15 is 0 Å². The van der Waals surface area contributed by atoms with E-state index in [2.05, 4.69) is 40.6 Å². The molecule has 0 aliphatic carbocycles. The zero-order valence-electron chi connectivity index (χ0n) is 29.7. The third kappa shape index (κ3) is 9.22. The normalized spacial score (nSPS) is 12.4. The van der Waals surface area contributed by atoms with E-state index < -0.39 is 78.6 Å². The number of aromatic hydroxyl groups is 2. The lowest BCUT2D eigenvalue weighted by Crippen LogP contribution is -2.12. The molecule has 0 amide bonds. The summed E-state index contributed by atoms with van der Waals surface area (Å²) in [5, 5.41) is 56.7. The largest absolute Gasteiger partial charge is 0.508 e. The minimum atomic E-state index is -5.24. The van der Waals surface area contributed by atoms with Crippen LogP contribution in [0.3, 0.4) is 0 Å². The van der Waals surface area contributed by atoms with Crippen LogP contribution in [-0.4, -0.2) is 49.5 Å². The number of phenols is 2. The van der Waals surface area contributed by atoms with Gasteiger partial charge in [-0.05, 0) is 95.5 Å². The summed E-state index contributed by atoms with van der Waals surface area (Å²) in [6, 6.07) is 19.8. The summed E-state index contributed by atoms with van der Waals surface area (Å²) in [5.41, 5.74) is 3.86. The maximum absolute atomic E-state index is 13.1. The first-order chi connectivity index (χ1) is 28.2. The van der Waals surface area contributed by atoms with Gasteiger partial charge in [0.2, 0.25) is 0 Å². The Morgan fingerprint density at radius 2 is 1.12 bits per heavy atom. The van der Waals surface area contributed by atoms with E-state index in [0.717, 1.165) is 30.3 Å². The second kappa shape index (κ2) is 16.3. The summed E-state index contributed by atoms with van der Waals surface area (Å²) in [7, 11) is -14.6. The smallest absolute Gasteiger partial charge is 0.296 e. The molecule has 0 aromatic heterocycles. The SMILES string of the molecule is Nc1c(N=Nc2ccc([N+](=O)[O-])cc2)c(S(=O)(=O)O)cc2cc(S(=O)(=O)O)c(N=Nc3ccc(S(=O)(=O)Nc4ccc(N=Nc5ccc(O)cc5N=O)cc4)cc3)c(O)c12. The van der Waals surface area contributed by atoms with Crippen LogP contribution in [0, 0.1) is 15.0 Å². The molecule has 6 aromatic carbocycles. The second-order valence-corrected chi connectivity index (χ2v) is 16.5. The minimum Gasteiger partial charge on any atom is -0.508 e. The Hall–Kier alpha value is -7.65. The Labute approximate surface area is 337 Å². The van der Waals surface area contributed by atoms with Crippen LogP contribution < -0.4 is 10.5 Å². The number of nitrogens with one attached hydrogen (secondary N) is 1. The van der Waals surface area contributed by atoms with E-state index in [1.165, 1.54) is 60.7 Å². The molecule has 0 aliphatic heterocycles. The number of benzene rings is 6. The molecule has 6 rings (SSSR count). The van der Waals surface area contributed by atoms with Crippen molar-refractivity contribution < 1.29 is 49.5 Å². The van der Waals surface area contributed by atoms with Crippen LogP contribution in [0.25, 0.3) is 10.8 Å². The predicted molar refractivity (Wildman–Crippen MR) is 213 cm³/mol. The van der Waals surface area contributed by atoms with Crippen molar-refractivity contribution in [1.29, 1.82) is 0 Å². The number of nitrogens with zero attached hydrogens (tertiary/aromatic N) is 8. The highest BCUT2D eigenvalue weighted by atomic mass is 32.2. The molecule has 0 unspecified atom stereocenters. The van der Waals surface area contributed by atoms with Gasteiger partial charge in [-0.1, -0.05) is 0 Å². The van der Waals surface area contributed by atoms with Gasteiger partial charge in [0.25, 0.3) is 35.9 Å². The highest BCUT2D eigenvalue weighted by Crippen LogP contribution is 2.48. The first-order valence-electron chi connectivity index (χ1n) is 16.2. The number of nitro benzene ring substituents is 1. The van der Waals surface area contributed by atoms with Crippen LogP contribution in [0.2, 0.25) is 0 Å². The van der Waals surface area contributed by atoms with Gasteiger partial charge in [-0.15, -0.1) is 20.2 Å².